The molecule has 0 atom stereocenters. The van der Waals surface area contributed by atoms with Gasteiger partial charge in [-0.15, -0.1) is 0 Å². The second-order valence-corrected chi connectivity index (χ2v) is 6.84. The van der Waals surface area contributed by atoms with Gasteiger partial charge in [-0.3, -0.25) is 5.10 Å². The van der Waals surface area contributed by atoms with E-state index in [2.05, 4.69) is 14.9 Å². The smallest absolute Gasteiger partial charge is 0.342 e. The van der Waals surface area contributed by atoms with E-state index in [-0.39, 0.29) is 17.1 Å². The van der Waals surface area contributed by atoms with E-state index >= 15 is 0 Å². The molecule has 0 aliphatic carbocycles. The summed E-state index contributed by atoms with van der Waals surface area (Å²) in [4.78, 5) is 11.7. The minimum Gasteiger partial charge on any atom is -0.465 e. The number of fused-ring (bicyclic) bond motifs is 1. The molecule has 116 valence electrons. The number of carbonyl (C=O) groups is 1. The van der Waals surface area contributed by atoms with Crippen LogP contribution in [0.15, 0.2) is 35.5 Å². The SMILES string of the molecule is COC(=O)c1cn[nH]c1S(=O)(=O)N1CCc2ccccc2C1. The molecule has 8 heteroatoms. The van der Waals surface area contributed by atoms with Gasteiger partial charge >= 0.3 is 5.97 Å². The topological polar surface area (TPSA) is 92.4 Å². The fraction of sp³-hybridized carbons (Fsp3) is 0.286. The van der Waals surface area contributed by atoms with E-state index in [1.807, 2.05) is 24.3 Å². The van der Waals surface area contributed by atoms with Gasteiger partial charge < -0.3 is 4.74 Å². The van der Waals surface area contributed by atoms with E-state index in [9.17, 15) is 13.2 Å². The number of nitrogens with one attached hydrogen (secondary N) is 1. The van der Waals surface area contributed by atoms with Gasteiger partial charge in [-0.2, -0.15) is 9.40 Å². The molecule has 7 nitrogen and oxygen atoms in total. The maximum atomic E-state index is 12.7. The normalized spacial score (nSPS) is 15.3. The van der Waals surface area contributed by atoms with Crippen molar-refractivity contribution in [2.45, 2.75) is 18.0 Å². The van der Waals surface area contributed by atoms with Gasteiger partial charge in [0.15, 0.2) is 5.03 Å². The Morgan fingerprint density at radius 3 is 2.77 bits per heavy atom. The van der Waals surface area contributed by atoms with E-state index in [4.69, 9.17) is 0 Å². The number of aromatic nitrogens is 2. The zero-order valence-electron chi connectivity index (χ0n) is 11.9. The minimum absolute atomic E-state index is 0.0821. The van der Waals surface area contributed by atoms with Gasteiger partial charge in [0.05, 0.1) is 13.3 Å². The van der Waals surface area contributed by atoms with Crippen LogP contribution < -0.4 is 0 Å². The van der Waals surface area contributed by atoms with Crippen molar-refractivity contribution >= 4 is 16.0 Å². The molecule has 0 unspecified atom stereocenters. The molecule has 2 heterocycles. The van der Waals surface area contributed by atoms with Crippen LogP contribution in [0.3, 0.4) is 0 Å². The van der Waals surface area contributed by atoms with Crippen LogP contribution in [0.1, 0.15) is 21.5 Å². The highest BCUT2D eigenvalue weighted by molar-refractivity contribution is 7.89. The third kappa shape index (κ3) is 2.40. The molecule has 1 aromatic heterocycles. The Hall–Kier alpha value is -2.19. The van der Waals surface area contributed by atoms with Crippen molar-refractivity contribution in [1.29, 1.82) is 0 Å². The van der Waals surface area contributed by atoms with Crippen LogP contribution >= 0.6 is 0 Å². The lowest BCUT2D eigenvalue weighted by Gasteiger charge is -2.27. The molecule has 2 aromatic rings. The molecule has 1 aliphatic heterocycles. The molecule has 0 fully saturated rings. The first-order valence-electron chi connectivity index (χ1n) is 6.72. The molecule has 1 N–H and O–H groups in total. The Labute approximate surface area is 128 Å². The molecular formula is C14H15N3O4S. The number of hydrogen-bond acceptors (Lipinski definition) is 5. The maximum Gasteiger partial charge on any atom is 0.342 e. The number of ether oxygens (including phenoxy) is 1. The highest BCUT2D eigenvalue weighted by Crippen LogP contribution is 2.25. The average molecular weight is 321 g/mol. The monoisotopic (exact) mass is 321 g/mol. The Balaban J connectivity index is 1.95. The van der Waals surface area contributed by atoms with E-state index in [1.54, 1.807) is 0 Å². The van der Waals surface area contributed by atoms with Crippen LogP contribution in [0, 0.1) is 0 Å². The molecule has 1 aliphatic rings. The summed E-state index contributed by atoms with van der Waals surface area (Å²) in [6.07, 6.45) is 1.80. The number of carbonyl (C=O) groups excluding carboxylic acids is 1. The van der Waals surface area contributed by atoms with Crippen LogP contribution in [-0.2, 0) is 27.7 Å². The van der Waals surface area contributed by atoms with Gasteiger partial charge in [-0.1, -0.05) is 24.3 Å². The molecule has 0 amide bonds. The van der Waals surface area contributed by atoms with Crippen LogP contribution in [0.2, 0.25) is 0 Å². The lowest BCUT2D eigenvalue weighted by molar-refractivity contribution is 0.0596. The van der Waals surface area contributed by atoms with Gasteiger partial charge in [0.25, 0.3) is 10.0 Å². The number of sulfonamides is 1. The number of H-pyrrole nitrogens is 1. The Morgan fingerprint density at radius 2 is 2.05 bits per heavy atom. The number of esters is 1. The third-order valence-corrected chi connectivity index (χ3v) is 5.52. The quantitative estimate of drug-likeness (QED) is 0.850. The molecule has 0 radical (unpaired) electrons. The molecule has 0 saturated heterocycles. The van der Waals surface area contributed by atoms with Crippen molar-refractivity contribution in [3.05, 3.63) is 47.2 Å². The second-order valence-electron chi connectivity index (χ2n) is 4.96. The molecule has 0 bridgehead atoms. The minimum atomic E-state index is -3.83. The van der Waals surface area contributed by atoms with E-state index in [0.29, 0.717) is 13.0 Å². The van der Waals surface area contributed by atoms with Crippen LogP contribution in [0.25, 0.3) is 0 Å². The standard InChI is InChI=1S/C14H15N3O4S/c1-21-14(18)12-8-15-16-13(12)22(19,20)17-7-6-10-4-2-3-5-11(10)9-17/h2-5,8H,6-7,9H2,1H3,(H,15,16). The molecule has 0 saturated carbocycles. The summed E-state index contributed by atoms with van der Waals surface area (Å²) >= 11 is 0. The van der Waals surface area contributed by atoms with Gasteiger partial charge in [0.1, 0.15) is 5.56 Å². The van der Waals surface area contributed by atoms with Gasteiger partial charge in [0.2, 0.25) is 0 Å². The fourth-order valence-electron chi connectivity index (χ4n) is 2.53. The van der Waals surface area contributed by atoms with E-state index in [0.717, 1.165) is 17.3 Å². The molecule has 1 aromatic carbocycles. The molecule has 22 heavy (non-hydrogen) atoms. The highest BCUT2D eigenvalue weighted by Gasteiger charge is 2.33. The number of aromatic amines is 1. The van der Waals surface area contributed by atoms with Crippen LogP contribution in [0.5, 0.6) is 0 Å². The van der Waals surface area contributed by atoms with E-state index in [1.165, 1.54) is 11.4 Å². The zero-order chi connectivity index (χ0) is 15.7. The van der Waals surface area contributed by atoms with Crippen LogP contribution in [-0.4, -0.2) is 42.5 Å². The largest absolute Gasteiger partial charge is 0.465 e. The Morgan fingerprint density at radius 1 is 1.32 bits per heavy atom. The van der Waals surface area contributed by atoms with Crippen molar-refractivity contribution < 1.29 is 17.9 Å². The van der Waals surface area contributed by atoms with Crippen molar-refractivity contribution in [3.8, 4) is 0 Å². The van der Waals surface area contributed by atoms with Crippen molar-refractivity contribution in [3.63, 3.8) is 0 Å². The van der Waals surface area contributed by atoms with Crippen molar-refractivity contribution in [1.82, 2.24) is 14.5 Å². The zero-order valence-corrected chi connectivity index (χ0v) is 12.8. The molecule has 3 rings (SSSR count). The summed E-state index contributed by atoms with van der Waals surface area (Å²) in [7, 11) is -2.64. The van der Waals surface area contributed by atoms with E-state index < -0.39 is 16.0 Å². The Bertz CT molecular complexity index is 813. The first-order valence-corrected chi connectivity index (χ1v) is 8.16. The lowest BCUT2D eigenvalue weighted by atomic mass is 10.0. The third-order valence-electron chi connectivity index (χ3n) is 3.70. The lowest BCUT2D eigenvalue weighted by Crippen LogP contribution is -2.36. The predicted molar refractivity (Wildman–Crippen MR) is 77.7 cm³/mol. The number of methoxy groups -OCH3 is 1. The summed E-state index contributed by atoms with van der Waals surface area (Å²) in [5.41, 5.74) is 2.03. The summed E-state index contributed by atoms with van der Waals surface area (Å²) in [6.45, 7) is 0.636. The molecular weight excluding hydrogens is 306 g/mol. The summed E-state index contributed by atoms with van der Waals surface area (Å²) in [5, 5.41) is 5.84. The summed E-state index contributed by atoms with van der Waals surface area (Å²) in [6, 6.07) is 7.72. The Kier molecular flexibility index (Phi) is 3.71. The number of nitrogens with zero attached hydrogens (tertiary/aromatic N) is 2. The van der Waals surface area contributed by atoms with Crippen molar-refractivity contribution in [2.75, 3.05) is 13.7 Å². The number of hydrogen-bond donors (Lipinski definition) is 1. The summed E-state index contributed by atoms with van der Waals surface area (Å²) < 4.78 is 31.4. The first-order chi connectivity index (χ1) is 10.5. The van der Waals surface area contributed by atoms with Gasteiger partial charge in [-0.05, 0) is 17.5 Å². The summed E-state index contributed by atoms with van der Waals surface area (Å²) in [5.74, 6) is -0.732. The second kappa shape index (κ2) is 5.54. The fourth-order valence-corrected chi connectivity index (χ4v) is 4.01. The average Bonchev–Trinajstić information content (AvgIpc) is 3.04. The number of rotatable bonds is 3. The van der Waals surface area contributed by atoms with Crippen LogP contribution in [0.4, 0.5) is 0 Å². The predicted octanol–water partition coefficient (Wildman–Crippen LogP) is 0.943. The number of benzene rings is 1. The first kappa shape index (κ1) is 14.7. The maximum absolute atomic E-state index is 12.7. The highest BCUT2D eigenvalue weighted by atomic mass is 32.2. The van der Waals surface area contributed by atoms with Crippen molar-refractivity contribution in [2.24, 2.45) is 0 Å². The molecule has 0 spiro atoms. The van der Waals surface area contributed by atoms with Gasteiger partial charge in [0, 0.05) is 13.1 Å². The van der Waals surface area contributed by atoms with Gasteiger partial charge in [-0.25, -0.2) is 13.2 Å².